The van der Waals surface area contributed by atoms with Gasteiger partial charge < -0.3 is 10.6 Å². The van der Waals surface area contributed by atoms with Gasteiger partial charge in [0, 0.05) is 17.1 Å². The van der Waals surface area contributed by atoms with Crippen LogP contribution in [0.15, 0.2) is 72.9 Å². The average Bonchev–Trinajstić information content (AvgIpc) is 2.68. The maximum absolute atomic E-state index is 12.2. The first-order valence-corrected chi connectivity index (χ1v) is 8.89. The molecule has 2 aromatic carbocycles. The quantitative estimate of drug-likeness (QED) is 0.577. The number of amides is 1. The number of aromatic nitrogens is 1. The lowest BCUT2D eigenvalue weighted by atomic mass is 10.1. The number of rotatable bonds is 7. The second-order valence-electron chi connectivity index (χ2n) is 5.91. The Hall–Kier alpha value is -2.85. The molecule has 3 aromatic rings. The van der Waals surface area contributed by atoms with Crippen molar-refractivity contribution in [2.45, 2.75) is 12.8 Å². The van der Waals surface area contributed by atoms with E-state index in [-0.39, 0.29) is 5.91 Å². The maximum atomic E-state index is 12.2. The van der Waals surface area contributed by atoms with E-state index in [1.165, 1.54) is 5.56 Å². The molecule has 5 heteroatoms. The average molecular weight is 366 g/mol. The summed E-state index contributed by atoms with van der Waals surface area (Å²) in [6.45, 7) is 0.846. The summed E-state index contributed by atoms with van der Waals surface area (Å²) in [7, 11) is 0. The van der Waals surface area contributed by atoms with Crippen molar-refractivity contribution in [3.8, 4) is 0 Å². The first kappa shape index (κ1) is 18.0. The maximum Gasteiger partial charge on any atom is 0.255 e. The SMILES string of the molecule is O=C(Nc1ccc(NCCCc2ccccc2)nc1)c1ccc(Cl)cc1. The number of benzene rings is 2. The van der Waals surface area contributed by atoms with Crippen LogP contribution in [-0.2, 0) is 6.42 Å². The molecule has 0 aliphatic carbocycles. The molecule has 0 radical (unpaired) electrons. The number of hydrogen-bond acceptors (Lipinski definition) is 3. The van der Waals surface area contributed by atoms with Crippen molar-refractivity contribution >= 4 is 29.0 Å². The number of carbonyl (C=O) groups excluding carboxylic acids is 1. The van der Waals surface area contributed by atoms with Crippen molar-refractivity contribution in [1.29, 1.82) is 0 Å². The summed E-state index contributed by atoms with van der Waals surface area (Å²) < 4.78 is 0. The summed E-state index contributed by atoms with van der Waals surface area (Å²) in [5, 5.41) is 6.72. The third-order valence-corrected chi connectivity index (χ3v) is 4.17. The predicted molar refractivity (Wildman–Crippen MR) is 107 cm³/mol. The van der Waals surface area contributed by atoms with Crippen LogP contribution in [0.1, 0.15) is 22.3 Å². The Labute approximate surface area is 158 Å². The van der Waals surface area contributed by atoms with E-state index in [0.717, 1.165) is 25.2 Å². The van der Waals surface area contributed by atoms with E-state index in [1.807, 2.05) is 18.2 Å². The van der Waals surface area contributed by atoms with Gasteiger partial charge in [-0.3, -0.25) is 4.79 Å². The third kappa shape index (κ3) is 5.33. The second-order valence-corrected chi connectivity index (χ2v) is 6.35. The van der Waals surface area contributed by atoms with Gasteiger partial charge in [-0.15, -0.1) is 0 Å². The van der Waals surface area contributed by atoms with Crippen LogP contribution in [0, 0.1) is 0 Å². The van der Waals surface area contributed by atoms with Crippen molar-refractivity contribution < 1.29 is 4.79 Å². The van der Waals surface area contributed by atoms with E-state index in [2.05, 4.69) is 39.9 Å². The van der Waals surface area contributed by atoms with Crippen LogP contribution in [0.25, 0.3) is 0 Å². The number of hydrogen-bond donors (Lipinski definition) is 2. The van der Waals surface area contributed by atoms with Gasteiger partial charge in [-0.1, -0.05) is 41.9 Å². The number of halogens is 1. The van der Waals surface area contributed by atoms with Gasteiger partial charge in [-0.05, 0) is 54.8 Å². The molecule has 26 heavy (non-hydrogen) atoms. The fourth-order valence-electron chi connectivity index (χ4n) is 2.53. The minimum atomic E-state index is -0.188. The molecule has 3 rings (SSSR count). The van der Waals surface area contributed by atoms with Crippen LogP contribution >= 0.6 is 11.6 Å². The van der Waals surface area contributed by atoms with Crippen molar-refractivity contribution in [1.82, 2.24) is 4.98 Å². The topological polar surface area (TPSA) is 54.0 Å². The van der Waals surface area contributed by atoms with E-state index in [1.54, 1.807) is 30.5 Å². The lowest BCUT2D eigenvalue weighted by molar-refractivity contribution is 0.102. The Morgan fingerprint density at radius 3 is 2.42 bits per heavy atom. The molecule has 0 saturated heterocycles. The molecule has 1 aromatic heterocycles. The van der Waals surface area contributed by atoms with E-state index < -0.39 is 0 Å². The standard InChI is InChI=1S/C21H20ClN3O/c22-18-10-8-17(9-11-18)21(26)25-19-12-13-20(24-15-19)23-14-4-7-16-5-2-1-3-6-16/h1-3,5-6,8-13,15H,4,7,14H2,(H,23,24)(H,25,26). The second kappa shape index (κ2) is 9.02. The molecule has 0 fully saturated rings. The summed E-state index contributed by atoms with van der Waals surface area (Å²) >= 11 is 5.83. The zero-order valence-electron chi connectivity index (χ0n) is 14.3. The van der Waals surface area contributed by atoms with Gasteiger partial charge in [0.1, 0.15) is 5.82 Å². The zero-order chi connectivity index (χ0) is 18.2. The molecule has 2 N–H and O–H groups in total. The first-order chi connectivity index (χ1) is 12.7. The smallest absolute Gasteiger partial charge is 0.255 e. The number of carbonyl (C=O) groups is 1. The molecule has 1 amide bonds. The molecule has 0 saturated carbocycles. The molecule has 0 bridgehead atoms. The lowest BCUT2D eigenvalue weighted by Gasteiger charge is -2.08. The van der Waals surface area contributed by atoms with Gasteiger partial charge >= 0.3 is 0 Å². The Bertz CT molecular complexity index is 833. The fourth-order valence-corrected chi connectivity index (χ4v) is 2.66. The van der Waals surface area contributed by atoms with Gasteiger partial charge in [0.25, 0.3) is 5.91 Å². The first-order valence-electron chi connectivity index (χ1n) is 8.51. The molecule has 0 spiro atoms. The Kier molecular flexibility index (Phi) is 6.23. The normalized spacial score (nSPS) is 10.3. The number of pyridine rings is 1. The highest BCUT2D eigenvalue weighted by molar-refractivity contribution is 6.30. The molecule has 132 valence electrons. The molecular formula is C21H20ClN3O. The summed E-state index contributed by atoms with van der Waals surface area (Å²) in [4.78, 5) is 16.5. The molecule has 1 heterocycles. The fraction of sp³-hybridized carbons (Fsp3) is 0.143. The van der Waals surface area contributed by atoms with Crippen molar-refractivity contribution in [3.05, 3.63) is 89.1 Å². The molecule has 0 atom stereocenters. The van der Waals surface area contributed by atoms with Crippen molar-refractivity contribution in [2.24, 2.45) is 0 Å². The van der Waals surface area contributed by atoms with Crippen LogP contribution in [0.4, 0.5) is 11.5 Å². The van der Waals surface area contributed by atoms with E-state index >= 15 is 0 Å². The van der Waals surface area contributed by atoms with Crippen LogP contribution in [0.3, 0.4) is 0 Å². The van der Waals surface area contributed by atoms with Crippen LogP contribution in [0.2, 0.25) is 5.02 Å². The van der Waals surface area contributed by atoms with Crippen LogP contribution in [-0.4, -0.2) is 17.4 Å². The van der Waals surface area contributed by atoms with Gasteiger partial charge in [0.2, 0.25) is 0 Å². The highest BCUT2D eigenvalue weighted by atomic mass is 35.5. The van der Waals surface area contributed by atoms with Gasteiger partial charge in [-0.25, -0.2) is 4.98 Å². The molecule has 0 unspecified atom stereocenters. The number of nitrogens with zero attached hydrogens (tertiary/aromatic N) is 1. The van der Waals surface area contributed by atoms with Crippen molar-refractivity contribution in [2.75, 3.05) is 17.2 Å². The molecule has 0 aliphatic heterocycles. The number of anilines is 2. The highest BCUT2D eigenvalue weighted by Gasteiger charge is 2.06. The molecule has 0 aliphatic rings. The molecular weight excluding hydrogens is 346 g/mol. The van der Waals surface area contributed by atoms with Crippen molar-refractivity contribution in [3.63, 3.8) is 0 Å². The largest absolute Gasteiger partial charge is 0.370 e. The van der Waals surface area contributed by atoms with E-state index in [0.29, 0.717) is 16.3 Å². The Morgan fingerprint density at radius 2 is 1.73 bits per heavy atom. The Morgan fingerprint density at radius 1 is 0.962 bits per heavy atom. The molecule has 4 nitrogen and oxygen atoms in total. The summed E-state index contributed by atoms with van der Waals surface area (Å²) in [5.41, 5.74) is 2.54. The van der Waals surface area contributed by atoms with E-state index in [4.69, 9.17) is 11.6 Å². The van der Waals surface area contributed by atoms with Crippen LogP contribution < -0.4 is 10.6 Å². The van der Waals surface area contributed by atoms with Gasteiger partial charge in [0.15, 0.2) is 0 Å². The van der Waals surface area contributed by atoms with E-state index in [9.17, 15) is 4.79 Å². The number of aryl methyl sites for hydroxylation is 1. The van der Waals surface area contributed by atoms with Gasteiger partial charge in [-0.2, -0.15) is 0 Å². The zero-order valence-corrected chi connectivity index (χ0v) is 15.0. The summed E-state index contributed by atoms with van der Waals surface area (Å²) in [6.07, 6.45) is 3.71. The minimum absolute atomic E-state index is 0.188. The predicted octanol–water partition coefficient (Wildman–Crippen LogP) is 5.03. The third-order valence-electron chi connectivity index (χ3n) is 3.92. The monoisotopic (exact) mass is 365 g/mol. The number of nitrogens with one attached hydrogen (secondary N) is 2. The highest BCUT2D eigenvalue weighted by Crippen LogP contribution is 2.14. The lowest BCUT2D eigenvalue weighted by Crippen LogP contribution is -2.12. The van der Waals surface area contributed by atoms with Crippen LogP contribution in [0.5, 0.6) is 0 Å². The summed E-state index contributed by atoms with van der Waals surface area (Å²) in [5.74, 6) is 0.606. The minimum Gasteiger partial charge on any atom is -0.370 e. The van der Waals surface area contributed by atoms with Gasteiger partial charge in [0.05, 0.1) is 11.9 Å². The Balaban J connectivity index is 1.45. The summed E-state index contributed by atoms with van der Waals surface area (Å²) in [6, 6.07) is 20.9.